The van der Waals surface area contributed by atoms with Crippen LogP contribution in [0.3, 0.4) is 0 Å². The maximum Gasteiger partial charge on any atom is 0.249 e. The van der Waals surface area contributed by atoms with Gasteiger partial charge in [0.05, 0.1) is 5.69 Å². The molecule has 0 spiro atoms. The molecule has 1 aliphatic rings. The van der Waals surface area contributed by atoms with Crippen LogP contribution in [0, 0.1) is 13.8 Å². The second-order valence-corrected chi connectivity index (χ2v) is 7.15. The molecule has 0 radical (unpaired) electrons. The average molecular weight is 372 g/mol. The zero-order chi connectivity index (χ0) is 19.2. The van der Waals surface area contributed by atoms with Gasteiger partial charge in [0.25, 0.3) is 0 Å². The zero-order valence-corrected chi connectivity index (χ0v) is 16.4. The van der Waals surface area contributed by atoms with Gasteiger partial charge in [0.1, 0.15) is 12.4 Å². The van der Waals surface area contributed by atoms with Gasteiger partial charge in [-0.05, 0) is 44.9 Å². The normalized spacial score (nSPS) is 17.8. The number of nitrogens with zero attached hydrogens (tertiary/aromatic N) is 4. The summed E-state index contributed by atoms with van der Waals surface area (Å²) in [5.41, 5.74) is 3.12. The van der Waals surface area contributed by atoms with Gasteiger partial charge in [-0.1, -0.05) is 11.2 Å². The molecule has 3 rings (SSSR count). The van der Waals surface area contributed by atoms with Crippen molar-refractivity contribution < 1.29 is 14.1 Å². The van der Waals surface area contributed by atoms with Gasteiger partial charge < -0.3 is 14.2 Å². The molecule has 1 fully saturated rings. The molecule has 3 heterocycles. The van der Waals surface area contributed by atoms with E-state index in [1.165, 1.54) is 0 Å². The van der Waals surface area contributed by atoms with Crippen LogP contribution in [0.5, 0.6) is 0 Å². The Morgan fingerprint density at radius 3 is 2.96 bits per heavy atom. The zero-order valence-electron chi connectivity index (χ0n) is 16.4. The Hall–Kier alpha value is -2.25. The summed E-state index contributed by atoms with van der Waals surface area (Å²) in [6.07, 6.45) is 5.61. The fraction of sp³-hybridized carbons (Fsp3) is 0.550. The topological polar surface area (TPSA) is 71.7 Å². The number of aryl methyl sites for hydroxylation is 2. The smallest absolute Gasteiger partial charge is 0.249 e. The van der Waals surface area contributed by atoms with E-state index in [2.05, 4.69) is 15.0 Å². The van der Waals surface area contributed by atoms with E-state index in [0.29, 0.717) is 6.54 Å². The molecule has 0 aromatic carbocycles. The van der Waals surface area contributed by atoms with Gasteiger partial charge in [-0.3, -0.25) is 14.7 Å². The molecule has 27 heavy (non-hydrogen) atoms. The van der Waals surface area contributed by atoms with E-state index < -0.39 is 0 Å². The van der Waals surface area contributed by atoms with Crippen LogP contribution in [0.4, 0.5) is 0 Å². The summed E-state index contributed by atoms with van der Waals surface area (Å²) in [5, 5.41) is 4.05. The van der Waals surface area contributed by atoms with E-state index >= 15 is 0 Å². The number of hydrogen-bond donors (Lipinski definition) is 0. The van der Waals surface area contributed by atoms with Gasteiger partial charge >= 0.3 is 0 Å². The summed E-state index contributed by atoms with van der Waals surface area (Å²) in [5.74, 6) is 0.892. The summed E-state index contributed by atoms with van der Waals surface area (Å²) < 4.78 is 10.4. The number of methoxy groups -OCH3 is 1. The van der Waals surface area contributed by atoms with Gasteiger partial charge in [-0.15, -0.1) is 0 Å². The first-order chi connectivity index (χ1) is 13.1. The third kappa shape index (κ3) is 4.93. The molecule has 0 aliphatic carbocycles. The second-order valence-electron chi connectivity index (χ2n) is 7.15. The molecule has 1 atom stereocenters. The molecule has 2 aromatic heterocycles. The van der Waals surface area contributed by atoms with Crippen molar-refractivity contribution in [2.75, 3.05) is 26.8 Å². The summed E-state index contributed by atoms with van der Waals surface area (Å²) >= 11 is 0. The number of pyridine rings is 1. The Balaban J connectivity index is 1.72. The summed E-state index contributed by atoms with van der Waals surface area (Å²) in [7, 11) is 1.56. The Bertz CT molecular complexity index is 727. The SMILES string of the molecule is COCC(=O)N(Cc1cccnc1)C1CCCN(Cc2c(C)noc2C)C1. The maximum absolute atomic E-state index is 12.7. The van der Waals surface area contributed by atoms with Crippen molar-refractivity contribution in [3.05, 3.63) is 47.1 Å². The van der Waals surface area contributed by atoms with E-state index in [1.54, 1.807) is 13.3 Å². The van der Waals surface area contributed by atoms with Crippen LogP contribution in [0.25, 0.3) is 0 Å². The Labute approximate surface area is 160 Å². The first kappa shape index (κ1) is 19.5. The number of rotatable bonds is 7. The molecule has 0 bridgehead atoms. The first-order valence-electron chi connectivity index (χ1n) is 9.40. The van der Waals surface area contributed by atoms with Crippen molar-refractivity contribution in [2.45, 2.75) is 45.8 Å². The van der Waals surface area contributed by atoms with Crippen molar-refractivity contribution in [1.82, 2.24) is 19.9 Å². The second kappa shape index (κ2) is 9.10. The quantitative estimate of drug-likeness (QED) is 0.743. The largest absolute Gasteiger partial charge is 0.375 e. The van der Waals surface area contributed by atoms with Gasteiger partial charge in [-0.2, -0.15) is 0 Å². The molecular formula is C20H28N4O3. The molecule has 0 N–H and O–H groups in total. The van der Waals surface area contributed by atoms with E-state index in [4.69, 9.17) is 9.26 Å². The number of piperidine rings is 1. The number of hydrogen-bond acceptors (Lipinski definition) is 6. The molecule has 0 saturated carbocycles. The number of likely N-dealkylation sites (tertiary alicyclic amines) is 1. The van der Waals surface area contributed by atoms with Crippen LogP contribution in [0.2, 0.25) is 0 Å². The molecular weight excluding hydrogens is 344 g/mol. The third-order valence-corrected chi connectivity index (χ3v) is 5.15. The highest BCUT2D eigenvalue weighted by molar-refractivity contribution is 5.77. The monoisotopic (exact) mass is 372 g/mol. The highest BCUT2D eigenvalue weighted by Crippen LogP contribution is 2.22. The fourth-order valence-electron chi connectivity index (χ4n) is 3.70. The van der Waals surface area contributed by atoms with E-state index in [-0.39, 0.29) is 18.6 Å². The number of amides is 1. The lowest BCUT2D eigenvalue weighted by Crippen LogP contribution is -2.50. The van der Waals surface area contributed by atoms with Crippen LogP contribution in [-0.4, -0.2) is 58.7 Å². The van der Waals surface area contributed by atoms with Crippen molar-refractivity contribution >= 4 is 5.91 Å². The predicted molar refractivity (Wildman–Crippen MR) is 101 cm³/mol. The van der Waals surface area contributed by atoms with Gasteiger partial charge in [0, 0.05) is 50.7 Å². The fourth-order valence-corrected chi connectivity index (χ4v) is 3.70. The Morgan fingerprint density at radius 1 is 1.44 bits per heavy atom. The minimum atomic E-state index is 0.0190. The van der Waals surface area contributed by atoms with Gasteiger partial charge in [0.15, 0.2) is 0 Å². The third-order valence-electron chi connectivity index (χ3n) is 5.15. The Kier molecular flexibility index (Phi) is 6.58. The summed E-state index contributed by atoms with van der Waals surface area (Å²) in [4.78, 5) is 21.2. The van der Waals surface area contributed by atoms with Gasteiger partial charge in [-0.25, -0.2) is 0 Å². The molecule has 1 aliphatic heterocycles. The molecule has 1 amide bonds. The van der Waals surface area contributed by atoms with Crippen molar-refractivity contribution in [2.24, 2.45) is 0 Å². The molecule has 1 saturated heterocycles. The van der Waals surface area contributed by atoms with Crippen LogP contribution < -0.4 is 0 Å². The Morgan fingerprint density at radius 2 is 2.30 bits per heavy atom. The van der Waals surface area contributed by atoms with Crippen molar-refractivity contribution in [1.29, 1.82) is 0 Å². The lowest BCUT2D eigenvalue weighted by Gasteiger charge is -2.39. The van der Waals surface area contributed by atoms with Gasteiger partial charge in [0.2, 0.25) is 5.91 Å². The number of ether oxygens (including phenoxy) is 1. The van der Waals surface area contributed by atoms with Crippen LogP contribution in [-0.2, 0) is 22.6 Å². The number of carbonyl (C=O) groups excluding carboxylic acids is 1. The number of carbonyl (C=O) groups is 1. The first-order valence-corrected chi connectivity index (χ1v) is 9.40. The minimum absolute atomic E-state index is 0.0190. The number of aromatic nitrogens is 2. The predicted octanol–water partition coefficient (Wildman–Crippen LogP) is 2.33. The summed E-state index contributed by atoms with van der Waals surface area (Å²) in [6, 6.07) is 4.06. The van der Waals surface area contributed by atoms with E-state index in [9.17, 15) is 4.79 Å². The van der Waals surface area contributed by atoms with Crippen LogP contribution >= 0.6 is 0 Å². The van der Waals surface area contributed by atoms with Crippen LogP contribution in [0.15, 0.2) is 29.0 Å². The molecule has 7 heteroatoms. The van der Waals surface area contributed by atoms with E-state index in [1.807, 2.05) is 37.1 Å². The standard InChI is InChI=1S/C20H28N4O3/c1-15-19(16(2)27-22-15)13-23-9-5-7-18(12-23)24(20(25)14-26-3)11-17-6-4-8-21-10-17/h4,6,8,10,18H,5,7,9,11-14H2,1-3H3. The molecule has 146 valence electrons. The highest BCUT2D eigenvalue weighted by Gasteiger charge is 2.29. The lowest BCUT2D eigenvalue weighted by molar-refractivity contribution is -0.139. The lowest BCUT2D eigenvalue weighted by atomic mass is 10.0. The molecule has 1 unspecified atom stereocenters. The minimum Gasteiger partial charge on any atom is -0.375 e. The molecule has 2 aromatic rings. The molecule has 7 nitrogen and oxygen atoms in total. The van der Waals surface area contributed by atoms with Crippen molar-refractivity contribution in [3.63, 3.8) is 0 Å². The van der Waals surface area contributed by atoms with Crippen molar-refractivity contribution in [3.8, 4) is 0 Å². The maximum atomic E-state index is 12.7. The highest BCUT2D eigenvalue weighted by atomic mass is 16.5. The van der Waals surface area contributed by atoms with E-state index in [0.717, 1.165) is 55.1 Å². The van der Waals surface area contributed by atoms with Crippen LogP contribution in [0.1, 0.15) is 35.4 Å². The summed E-state index contributed by atoms with van der Waals surface area (Å²) in [6.45, 7) is 7.23. The average Bonchev–Trinajstić information content (AvgIpc) is 2.99.